The number of aromatic nitrogens is 3. The fourth-order valence-corrected chi connectivity index (χ4v) is 3.64. The Morgan fingerprint density at radius 3 is 2.74 bits per heavy atom. The second-order valence-corrected chi connectivity index (χ2v) is 7.97. The third-order valence-electron chi connectivity index (χ3n) is 5.37. The summed E-state index contributed by atoms with van der Waals surface area (Å²) in [4.78, 5) is 16.8. The number of urea groups is 1. The van der Waals surface area contributed by atoms with E-state index in [0.717, 1.165) is 35.4 Å². The fourth-order valence-electron chi connectivity index (χ4n) is 3.64. The number of nitrogens with one attached hydrogen (secondary N) is 3. The molecule has 4 aromatic rings. The molecule has 0 radical (unpaired) electrons. The van der Waals surface area contributed by atoms with Crippen LogP contribution in [0.25, 0.3) is 23.0 Å². The standard InChI is InChI=1S/C25H27BN6O2/c1-2-17-16-29-32-23(15-21(31-24(17)32)20-10-3-4-11-22(20)33)27-12-5-6-13-28-25(34)30-19-9-7-8-18(26)14-19/h2-4,7-11,14-16,27,33H,1,5-6,12-13,26H2,(H2,28,30,34). The maximum atomic E-state index is 12.1. The topological polar surface area (TPSA) is 104 Å². The minimum absolute atomic E-state index is 0.167. The van der Waals surface area contributed by atoms with E-state index in [0.29, 0.717) is 30.0 Å². The monoisotopic (exact) mass is 454 g/mol. The van der Waals surface area contributed by atoms with E-state index < -0.39 is 0 Å². The Morgan fingerprint density at radius 2 is 1.94 bits per heavy atom. The van der Waals surface area contributed by atoms with E-state index in [4.69, 9.17) is 0 Å². The Bertz CT molecular complexity index is 1320. The van der Waals surface area contributed by atoms with Gasteiger partial charge in [-0.2, -0.15) is 9.61 Å². The molecular weight excluding hydrogens is 427 g/mol. The molecule has 0 saturated carbocycles. The lowest BCUT2D eigenvalue weighted by atomic mass is 9.96. The molecule has 34 heavy (non-hydrogen) atoms. The number of rotatable bonds is 9. The number of carbonyl (C=O) groups is 1. The second-order valence-electron chi connectivity index (χ2n) is 7.97. The van der Waals surface area contributed by atoms with Crippen LogP contribution in [0.15, 0.2) is 67.4 Å². The molecule has 0 aliphatic rings. The van der Waals surface area contributed by atoms with Crippen LogP contribution in [-0.4, -0.2) is 46.7 Å². The number of nitrogens with zero attached hydrogens (tertiary/aromatic N) is 3. The summed E-state index contributed by atoms with van der Waals surface area (Å²) in [7, 11) is 1.99. The first-order valence-electron chi connectivity index (χ1n) is 11.2. The molecule has 0 atom stereocenters. The quantitative estimate of drug-likeness (QED) is 0.230. The molecule has 9 heteroatoms. The third-order valence-corrected chi connectivity index (χ3v) is 5.37. The van der Waals surface area contributed by atoms with Crippen LogP contribution in [0.5, 0.6) is 5.75 Å². The van der Waals surface area contributed by atoms with Gasteiger partial charge in [0.15, 0.2) is 5.65 Å². The minimum atomic E-state index is -0.213. The number of carbonyl (C=O) groups excluding carboxylic acids is 1. The summed E-state index contributed by atoms with van der Waals surface area (Å²) in [5, 5.41) is 23.8. The maximum absolute atomic E-state index is 12.1. The Hall–Kier alpha value is -4.27. The number of aromatic hydroxyl groups is 1. The molecule has 4 N–H and O–H groups in total. The second kappa shape index (κ2) is 10.6. The maximum Gasteiger partial charge on any atom is 0.319 e. The Labute approximate surface area is 199 Å². The van der Waals surface area contributed by atoms with E-state index in [9.17, 15) is 9.90 Å². The van der Waals surface area contributed by atoms with Gasteiger partial charge in [0.05, 0.1) is 11.9 Å². The molecule has 2 aromatic carbocycles. The lowest BCUT2D eigenvalue weighted by molar-refractivity contribution is 0.252. The highest BCUT2D eigenvalue weighted by Gasteiger charge is 2.13. The van der Waals surface area contributed by atoms with Crippen molar-refractivity contribution >= 4 is 42.6 Å². The zero-order valence-corrected chi connectivity index (χ0v) is 19.1. The van der Waals surface area contributed by atoms with Crippen LogP contribution >= 0.6 is 0 Å². The number of unbranched alkanes of at least 4 members (excludes halogenated alkanes) is 1. The first-order chi connectivity index (χ1) is 16.5. The summed E-state index contributed by atoms with van der Waals surface area (Å²) in [6.07, 6.45) is 5.08. The fraction of sp³-hybridized carbons (Fsp3) is 0.160. The van der Waals surface area contributed by atoms with E-state index in [1.807, 2.05) is 50.3 Å². The molecule has 2 aromatic heterocycles. The van der Waals surface area contributed by atoms with E-state index in [1.165, 1.54) is 0 Å². The van der Waals surface area contributed by atoms with Gasteiger partial charge in [-0.25, -0.2) is 9.78 Å². The first kappa shape index (κ1) is 22.9. The number of hydrogen-bond donors (Lipinski definition) is 4. The highest BCUT2D eigenvalue weighted by Crippen LogP contribution is 2.30. The molecule has 0 saturated heterocycles. The van der Waals surface area contributed by atoms with Gasteiger partial charge in [-0.05, 0) is 37.1 Å². The van der Waals surface area contributed by atoms with Gasteiger partial charge >= 0.3 is 6.03 Å². The largest absolute Gasteiger partial charge is 0.507 e. The average Bonchev–Trinajstić information content (AvgIpc) is 3.24. The van der Waals surface area contributed by atoms with Crippen LogP contribution in [0, 0.1) is 0 Å². The number of phenolic OH excluding ortho intramolecular Hbond substituents is 1. The van der Waals surface area contributed by atoms with Crippen LogP contribution in [-0.2, 0) is 0 Å². The average molecular weight is 454 g/mol. The lowest BCUT2D eigenvalue weighted by Crippen LogP contribution is -2.30. The van der Waals surface area contributed by atoms with Crippen molar-refractivity contribution < 1.29 is 9.90 Å². The SMILES string of the molecule is Bc1cccc(NC(=O)NCCCCNc2cc(-c3ccccc3O)nc3c(C=C)cnn23)c1. The van der Waals surface area contributed by atoms with Crippen molar-refractivity contribution in [2.75, 3.05) is 23.7 Å². The molecule has 8 nitrogen and oxygen atoms in total. The van der Waals surface area contributed by atoms with Crippen molar-refractivity contribution in [1.82, 2.24) is 19.9 Å². The molecule has 2 amide bonds. The molecule has 4 rings (SSSR count). The summed E-state index contributed by atoms with van der Waals surface area (Å²) in [6, 6.07) is 16.5. The van der Waals surface area contributed by atoms with Gasteiger partial charge in [-0.15, -0.1) is 0 Å². The molecule has 0 bridgehead atoms. The zero-order valence-electron chi connectivity index (χ0n) is 19.1. The predicted octanol–water partition coefficient (Wildman–Crippen LogP) is 3.02. The van der Waals surface area contributed by atoms with Gasteiger partial charge in [0.25, 0.3) is 0 Å². The normalized spacial score (nSPS) is 10.7. The van der Waals surface area contributed by atoms with Crippen LogP contribution in [0.3, 0.4) is 0 Å². The van der Waals surface area contributed by atoms with Gasteiger partial charge in [0.1, 0.15) is 19.4 Å². The molecule has 0 fully saturated rings. The van der Waals surface area contributed by atoms with E-state index in [2.05, 4.69) is 32.6 Å². The van der Waals surface area contributed by atoms with Gasteiger partial charge in [0, 0.05) is 36.0 Å². The van der Waals surface area contributed by atoms with E-state index in [-0.39, 0.29) is 11.8 Å². The summed E-state index contributed by atoms with van der Waals surface area (Å²) in [5.41, 5.74) is 4.63. The van der Waals surface area contributed by atoms with Crippen molar-refractivity contribution in [2.24, 2.45) is 0 Å². The molecule has 0 unspecified atom stereocenters. The molecule has 172 valence electrons. The first-order valence-corrected chi connectivity index (χ1v) is 11.2. The molecule has 2 heterocycles. The smallest absolute Gasteiger partial charge is 0.319 e. The Morgan fingerprint density at radius 1 is 1.12 bits per heavy atom. The lowest BCUT2D eigenvalue weighted by Gasteiger charge is -2.12. The number of anilines is 2. The summed E-state index contributed by atoms with van der Waals surface area (Å²) < 4.78 is 1.73. The zero-order chi connectivity index (χ0) is 23.9. The number of phenols is 1. The highest BCUT2D eigenvalue weighted by atomic mass is 16.3. The number of benzene rings is 2. The van der Waals surface area contributed by atoms with Gasteiger partial charge < -0.3 is 21.1 Å². The van der Waals surface area contributed by atoms with Crippen molar-refractivity contribution in [2.45, 2.75) is 12.8 Å². The molecular formula is C25H27BN6O2. The van der Waals surface area contributed by atoms with Gasteiger partial charge in [-0.3, -0.25) is 0 Å². The summed E-state index contributed by atoms with van der Waals surface area (Å²) in [5.74, 6) is 0.932. The van der Waals surface area contributed by atoms with E-state index in [1.54, 1.807) is 28.9 Å². The molecule has 0 aliphatic heterocycles. The Balaban J connectivity index is 1.35. The molecule has 0 aliphatic carbocycles. The van der Waals surface area contributed by atoms with Gasteiger partial charge in [0.2, 0.25) is 0 Å². The van der Waals surface area contributed by atoms with Crippen LogP contribution < -0.4 is 21.4 Å². The summed E-state index contributed by atoms with van der Waals surface area (Å²) >= 11 is 0. The number of hydrogen-bond acceptors (Lipinski definition) is 5. The van der Waals surface area contributed by atoms with Crippen molar-refractivity contribution in [3.63, 3.8) is 0 Å². The summed E-state index contributed by atoms with van der Waals surface area (Å²) in [6.45, 7) is 5.09. The van der Waals surface area contributed by atoms with Crippen molar-refractivity contribution in [1.29, 1.82) is 0 Å². The predicted molar refractivity (Wildman–Crippen MR) is 140 cm³/mol. The van der Waals surface area contributed by atoms with Crippen LogP contribution in [0.4, 0.5) is 16.3 Å². The van der Waals surface area contributed by atoms with Crippen LogP contribution in [0.1, 0.15) is 18.4 Å². The van der Waals surface area contributed by atoms with Crippen molar-refractivity contribution in [3.8, 4) is 17.0 Å². The van der Waals surface area contributed by atoms with E-state index >= 15 is 0 Å². The molecule has 0 spiro atoms. The van der Waals surface area contributed by atoms with Crippen molar-refractivity contribution in [3.05, 3.63) is 72.9 Å². The van der Waals surface area contributed by atoms with Crippen LogP contribution in [0.2, 0.25) is 0 Å². The third kappa shape index (κ3) is 5.37. The van der Waals surface area contributed by atoms with Gasteiger partial charge in [-0.1, -0.05) is 42.4 Å². The number of amides is 2. The number of para-hydroxylation sites is 1. The Kier molecular flexibility index (Phi) is 7.12. The minimum Gasteiger partial charge on any atom is -0.507 e. The number of fused-ring (bicyclic) bond motifs is 1. The highest BCUT2D eigenvalue weighted by molar-refractivity contribution is 6.32.